The molecule has 0 amide bonds. The summed E-state index contributed by atoms with van der Waals surface area (Å²) in [5, 5.41) is 0. The summed E-state index contributed by atoms with van der Waals surface area (Å²) in [6.45, 7) is 3.58. The number of ketones is 1. The molecular formula is C25H24BrNO6S. The Morgan fingerprint density at radius 3 is 2.24 bits per heavy atom. The first-order valence-electron chi connectivity index (χ1n) is 10.4. The van der Waals surface area contributed by atoms with Gasteiger partial charge in [-0.2, -0.15) is 0 Å². The van der Waals surface area contributed by atoms with Gasteiger partial charge in [0.05, 0.1) is 22.8 Å². The number of aryl methyl sites for hydroxylation is 1. The third-order valence-electron chi connectivity index (χ3n) is 5.10. The zero-order valence-corrected chi connectivity index (χ0v) is 21.4. The van der Waals surface area contributed by atoms with Crippen molar-refractivity contribution in [3.63, 3.8) is 0 Å². The molecule has 0 bridgehead atoms. The van der Waals surface area contributed by atoms with Gasteiger partial charge in [-0.15, -0.1) is 0 Å². The van der Waals surface area contributed by atoms with E-state index in [9.17, 15) is 18.0 Å². The van der Waals surface area contributed by atoms with E-state index in [1.54, 1.807) is 55.5 Å². The highest BCUT2D eigenvalue weighted by Crippen LogP contribution is 2.26. The van der Waals surface area contributed by atoms with Crippen LogP contribution in [0.4, 0.5) is 5.69 Å². The van der Waals surface area contributed by atoms with Gasteiger partial charge in [-0.05, 0) is 67.9 Å². The number of carbonyl (C=O) groups excluding carboxylic acids is 2. The molecule has 0 unspecified atom stereocenters. The number of rotatable bonds is 9. The van der Waals surface area contributed by atoms with Crippen molar-refractivity contribution < 1.29 is 27.5 Å². The molecule has 3 aromatic rings. The van der Waals surface area contributed by atoms with E-state index < -0.39 is 22.6 Å². The molecule has 0 heterocycles. The molecule has 0 saturated heterocycles. The molecule has 0 fully saturated rings. The van der Waals surface area contributed by atoms with E-state index in [1.165, 1.54) is 25.2 Å². The van der Waals surface area contributed by atoms with Gasteiger partial charge in [0.25, 0.3) is 10.0 Å². The lowest BCUT2D eigenvalue weighted by Gasteiger charge is -2.20. The van der Waals surface area contributed by atoms with Crippen molar-refractivity contribution in [3.8, 4) is 5.75 Å². The molecule has 3 aromatic carbocycles. The zero-order chi connectivity index (χ0) is 24.9. The van der Waals surface area contributed by atoms with Crippen LogP contribution in [-0.4, -0.2) is 40.4 Å². The predicted octanol–water partition coefficient (Wildman–Crippen LogP) is 5.02. The van der Waals surface area contributed by atoms with Crippen LogP contribution in [0.1, 0.15) is 33.2 Å². The Balaban J connectivity index is 1.77. The number of esters is 1. The third kappa shape index (κ3) is 5.84. The summed E-state index contributed by atoms with van der Waals surface area (Å²) in [6, 6.07) is 17.6. The number of carbonyl (C=O) groups is 2. The molecule has 0 radical (unpaired) electrons. The smallest absolute Gasteiger partial charge is 0.338 e. The molecule has 9 heteroatoms. The van der Waals surface area contributed by atoms with Crippen molar-refractivity contribution in [1.82, 2.24) is 0 Å². The van der Waals surface area contributed by atoms with E-state index in [0.29, 0.717) is 29.2 Å². The monoisotopic (exact) mass is 545 g/mol. The summed E-state index contributed by atoms with van der Waals surface area (Å²) >= 11 is 3.30. The van der Waals surface area contributed by atoms with Gasteiger partial charge in [0, 0.05) is 17.1 Å². The van der Waals surface area contributed by atoms with Crippen molar-refractivity contribution in [2.24, 2.45) is 0 Å². The fourth-order valence-corrected chi connectivity index (χ4v) is 4.61. The number of hydrogen-bond donors (Lipinski definition) is 0. The fraction of sp³-hybridized carbons (Fsp3) is 0.200. The Labute approximate surface area is 207 Å². The first kappa shape index (κ1) is 25.5. The maximum absolute atomic E-state index is 13.2. The van der Waals surface area contributed by atoms with Gasteiger partial charge in [-0.1, -0.05) is 34.1 Å². The Hall–Kier alpha value is -3.17. The van der Waals surface area contributed by atoms with Gasteiger partial charge in [0.2, 0.25) is 0 Å². The lowest BCUT2D eigenvalue weighted by Crippen LogP contribution is -2.27. The van der Waals surface area contributed by atoms with E-state index in [2.05, 4.69) is 15.9 Å². The molecule has 3 rings (SSSR count). The van der Waals surface area contributed by atoms with Crippen molar-refractivity contribution in [2.75, 3.05) is 24.6 Å². The van der Waals surface area contributed by atoms with Crippen molar-refractivity contribution in [3.05, 3.63) is 87.9 Å². The van der Waals surface area contributed by atoms with Crippen LogP contribution in [0.2, 0.25) is 0 Å². The van der Waals surface area contributed by atoms with E-state index in [4.69, 9.17) is 9.47 Å². The molecule has 178 valence electrons. The average Bonchev–Trinajstić information content (AvgIpc) is 2.83. The van der Waals surface area contributed by atoms with E-state index in [-0.39, 0.29) is 16.2 Å². The maximum atomic E-state index is 13.2. The number of nitrogens with zero attached hydrogens (tertiary/aromatic N) is 1. The van der Waals surface area contributed by atoms with Crippen LogP contribution in [0.5, 0.6) is 5.75 Å². The fourth-order valence-electron chi connectivity index (χ4n) is 3.13. The summed E-state index contributed by atoms with van der Waals surface area (Å²) in [5.41, 5.74) is 1.45. The molecule has 7 nitrogen and oxygen atoms in total. The number of halogens is 1. The molecule has 0 N–H and O–H groups in total. The van der Waals surface area contributed by atoms with Crippen LogP contribution >= 0.6 is 15.9 Å². The van der Waals surface area contributed by atoms with E-state index in [0.717, 1.165) is 8.78 Å². The number of benzene rings is 3. The topological polar surface area (TPSA) is 90.0 Å². The SMILES string of the molecule is CCOc1ccc(N(C)S(=O)(=O)c2ccc(C)c(C(=O)OCC(=O)c3ccc(Br)cc3)c2)cc1. The van der Waals surface area contributed by atoms with Gasteiger partial charge in [0.1, 0.15) is 5.75 Å². The minimum Gasteiger partial charge on any atom is -0.494 e. The summed E-state index contributed by atoms with van der Waals surface area (Å²) < 4.78 is 38.9. The number of sulfonamides is 1. The summed E-state index contributed by atoms with van der Waals surface area (Å²) in [7, 11) is -2.52. The number of hydrogen-bond acceptors (Lipinski definition) is 6. The van der Waals surface area contributed by atoms with E-state index in [1.807, 2.05) is 6.92 Å². The quantitative estimate of drug-likeness (QED) is 0.277. The Bertz CT molecular complexity index is 1290. The lowest BCUT2D eigenvalue weighted by molar-refractivity contribution is 0.0473. The van der Waals surface area contributed by atoms with E-state index >= 15 is 0 Å². The van der Waals surface area contributed by atoms with Crippen LogP contribution in [0, 0.1) is 6.92 Å². The minimum absolute atomic E-state index is 0.0688. The number of anilines is 1. The molecule has 0 aromatic heterocycles. The van der Waals surface area contributed by atoms with Gasteiger partial charge < -0.3 is 9.47 Å². The van der Waals surface area contributed by atoms with Crippen molar-refractivity contribution >= 4 is 43.4 Å². The highest BCUT2D eigenvalue weighted by molar-refractivity contribution is 9.10. The molecule has 0 saturated carbocycles. The second kappa shape index (κ2) is 10.8. The van der Waals surface area contributed by atoms with Crippen LogP contribution < -0.4 is 9.04 Å². The summed E-state index contributed by atoms with van der Waals surface area (Å²) in [4.78, 5) is 24.9. The highest BCUT2D eigenvalue weighted by Gasteiger charge is 2.24. The summed E-state index contributed by atoms with van der Waals surface area (Å²) in [6.07, 6.45) is 0. The van der Waals surface area contributed by atoms with Crippen LogP contribution in [0.3, 0.4) is 0 Å². The Morgan fingerprint density at radius 1 is 0.971 bits per heavy atom. The predicted molar refractivity (Wildman–Crippen MR) is 133 cm³/mol. The van der Waals surface area contributed by atoms with Crippen LogP contribution in [-0.2, 0) is 14.8 Å². The summed E-state index contributed by atoms with van der Waals surface area (Å²) in [5.74, 6) is -0.503. The standard InChI is InChI=1S/C25H24BrNO6S/c1-4-32-21-12-10-20(11-13-21)27(3)34(30,31)22-14-5-17(2)23(15-22)25(29)33-16-24(28)18-6-8-19(26)9-7-18/h5-15H,4,16H2,1-3H3. The van der Waals surface area contributed by atoms with Crippen molar-refractivity contribution in [1.29, 1.82) is 0 Å². The molecule has 0 aliphatic heterocycles. The lowest BCUT2D eigenvalue weighted by atomic mass is 10.1. The molecule has 0 aliphatic carbocycles. The van der Waals surface area contributed by atoms with Gasteiger partial charge >= 0.3 is 5.97 Å². The third-order valence-corrected chi connectivity index (χ3v) is 7.41. The molecule has 0 atom stereocenters. The van der Waals surface area contributed by atoms with Gasteiger partial charge in [0.15, 0.2) is 12.4 Å². The minimum atomic E-state index is -3.95. The highest BCUT2D eigenvalue weighted by atomic mass is 79.9. The molecule has 34 heavy (non-hydrogen) atoms. The van der Waals surface area contributed by atoms with Gasteiger partial charge in [-0.25, -0.2) is 13.2 Å². The number of Topliss-reactive ketones (excluding diaryl/α,β-unsaturated/α-hetero) is 1. The molecular weight excluding hydrogens is 522 g/mol. The van der Waals surface area contributed by atoms with Crippen LogP contribution in [0.25, 0.3) is 0 Å². The first-order valence-corrected chi connectivity index (χ1v) is 12.6. The maximum Gasteiger partial charge on any atom is 0.338 e. The Morgan fingerprint density at radius 2 is 1.62 bits per heavy atom. The zero-order valence-electron chi connectivity index (χ0n) is 18.9. The van der Waals surface area contributed by atoms with Crippen molar-refractivity contribution in [2.45, 2.75) is 18.7 Å². The average molecular weight is 546 g/mol. The Kier molecular flexibility index (Phi) is 8.11. The second-order valence-corrected chi connectivity index (χ2v) is 10.3. The molecule has 0 aliphatic rings. The van der Waals surface area contributed by atoms with Crippen LogP contribution in [0.15, 0.2) is 76.1 Å². The number of ether oxygens (including phenoxy) is 2. The largest absolute Gasteiger partial charge is 0.494 e. The second-order valence-electron chi connectivity index (χ2n) is 7.38. The van der Waals surface area contributed by atoms with Gasteiger partial charge in [-0.3, -0.25) is 9.10 Å². The molecule has 0 spiro atoms. The normalized spacial score (nSPS) is 11.1. The first-order chi connectivity index (χ1) is 16.1.